The monoisotopic (exact) mass is 242 g/mol. The van der Waals surface area contributed by atoms with Crippen molar-refractivity contribution in [1.29, 1.82) is 0 Å². The lowest BCUT2D eigenvalue weighted by Crippen LogP contribution is -2.49. The molecule has 0 saturated heterocycles. The summed E-state index contributed by atoms with van der Waals surface area (Å²) >= 11 is 0. The molecule has 0 radical (unpaired) electrons. The molecule has 0 amide bonds. The third-order valence-electron chi connectivity index (χ3n) is 2.29. The molecule has 1 aliphatic rings. The van der Waals surface area contributed by atoms with E-state index in [1.54, 1.807) is 0 Å². The summed E-state index contributed by atoms with van der Waals surface area (Å²) in [5.74, 6) is -15.2. The van der Waals surface area contributed by atoms with Crippen LogP contribution in [-0.2, 0) is 0 Å². The molecule has 0 nitrogen and oxygen atoms in total. The maximum Gasteiger partial charge on any atom is 0.380 e. The first-order chi connectivity index (χ1) is 7.14. The average Bonchev–Trinajstić information content (AvgIpc) is 2.24. The van der Waals surface area contributed by atoms with E-state index >= 15 is 0 Å². The zero-order valence-corrected chi connectivity index (χ0v) is 8.21. The van der Waals surface area contributed by atoms with Crippen molar-refractivity contribution in [3.05, 3.63) is 36.0 Å². The highest BCUT2D eigenvalue weighted by Gasteiger charge is 2.78. The van der Waals surface area contributed by atoms with E-state index in [9.17, 15) is 26.3 Å². The van der Waals surface area contributed by atoms with Crippen LogP contribution >= 0.6 is 0 Å². The van der Waals surface area contributed by atoms with Gasteiger partial charge in [0, 0.05) is 11.1 Å². The Kier molecular flexibility index (Phi) is 2.73. The molecule has 90 valence electrons. The minimum Gasteiger partial charge on any atom is -0.194 e. The van der Waals surface area contributed by atoms with Crippen LogP contribution in [0.5, 0.6) is 0 Å². The van der Waals surface area contributed by atoms with Crippen molar-refractivity contribution in [2.75, 3.05) is 0 Å². The molecule has 0 spiro atoms. The third-order valence-corrected chi connectivity index (χ3v) is 2.29. The summed E-state index contributed by atoms with van der Waals surface area (Å²) in [6, 6.07) is 0. The zero-order chi connectivity index (χ0) is 12.8. The van der Waals surface area contributed by atoms with Crippen molar-refractivity contribution in [3.63, 3.8) is 0 Å². The second-order valence-electron chi connectivity index (χ2n) is 3.25. The van der Waals surface area contributed by atoms with Crippen LogP contribution in [0.1, 0.15) is 6.92 Å². The second kappa shape index (κ2) is 3.40. The number of halogens is 6. The van der Waals surface area contributed by atoms with Crippen LogP contribution in [0.25, 0.3) is 0 Å². The summed E-state index contributed by atoms with van der Waals surface area (Å²) in [5.41, 5.74) is -2.82. The van der Waals surface area contributed by atoms with Gasteiger partial charge in [0.2, 0.25) is 0 Å². The first-order valence-electron chi connectivity index (χ1n) is 4.28. The maximum absolute atomic E-state index is 13.1. The van der Waals surface area contributed by atoms with Crippen LogP contribution in [0, 0.1) is 0 Å². The minimum absolute atomic E-state index is 0.337. The summed E-state index contributed by atoms with van der Waals surface area (Å²) in [6.07, 6.45) is 1.88. The van der Waals surface area contributed by atoms with Gasteiger partial charge in [-0.25, -0.2) is 0 Å². The Morgan fingerprint density at radius 2 is 1.38 bits per heavy atom. The van der Waals surface area contributed by atoms with Crippen molar-refractivity contribution in [2.24, 2.45) is 0 Å². The highest BCUT2D eigenvalue weighted by atomic mass is 19.3. The van der Waals surface area contributed by atoms with Gasteiger partial charge >= 0.3 is 17.8 Å². The van der Waals surface area contributed by atoms with Crippen molar-refractivity contribution in [2.45, 2.75) is 24.7 Å². The summed E-state index contributed by atoms with van der Waals surface area (Å²) < 4.78 is 78.1. The van der Waals surface area contributed by atoms with Crippen molar-refractivity contribution >= 4 is 0 Å². The number of alkyl halides is 6. The lowest BCUT2D eigenvalue weighted by atomic mass is 10.1. The van der Waals surface area contributed by atoms with E-state index in [-0.39, 0.29) is 0 Å². The molecule has 0 aromatic carbocycles. The predicted octanol–water partition coefficient (Wildman–Crippen LogP) is 3.96. The van der Waals surface area contributed by atoms with E-state index < -0.39 is 28.9 Å². The Labute approximate surface area is 87.9 Å². The highest BCUT2D eigenvalue weighted by Crippen LogP contribution is 2.59. The molecule has 6 heteroatoms. The lowest BCUT2D eigenvalue weighted by molar-refractivity contribution is -0.263. The fraction of sp³-hybridized carbons (Fsp3) is 0.400. The standard InChI is InChI=1S/C10H8F6/c1-3-5-7-6(4-2)8(11,12)10(15,16)9(7,13)14/h3-5H,2H2,1H3/b5-3-. The van der Waals surface area contributed by atoms with Crippen molar-refractivity contribution in [3.8, 4) is 0 Å². The Morgan fingerprint density at radius 1 is 0.938 bits per heavy atom. The van der Waals surface area contributed by atoms with Crippen LogP contribution < -0.4 is 0 Å². The first-order valence-corrected chi connectivity index (χ1v) is 4.28. The van der Waals surface area contributed by atoms with Crippen LogP contribution in [-0.4, -0.2) is 17.8 Å². The van der Waals surface area contributed by atoms with E-state index in [0.29, 0.717) is 12.2 Å². The quantitative estimate of drug-likeness (QED) is 0.643. The Morgan fingerprint density at radius 3 is 1.75 bits per heavy atom. The van der Waals surface area contributed by atoms with Gasteiger partial charge in [-0.3, -0.25) is 0 Å². The van der Waals surface area contributed by atoms with E-state index in [0.717, 1.165) is 6.08 Å². The molecule has 1 aliphatic carbocycles. The molecule has 0 aliphatic heterocycles. The topological polar surface area (TPSA) is 0 Å². The molecule has 0 saturated carbocycles. The average molecular weight is 242 g/mol. The smallest absolute Gasteiger partial charge is 0.194 e. The minimum atomic E-state index is -5.43. The van der Waals surface area contributed by atoms with Gasteiger partial charge in [-0.15, -0.1) is 0 Å². The van der Waals surface area contributed by atoms with Gasteiger partial charge in [-0.1, -0.05) is 24.8 Å². The molecular formula is C10H8F6. The molecular weight excluding hydrogens is 234 g/mol. The molecule has 0 bridgehead atoms. The van der Waals surface area contributed by atoms with Gasteiger partial charge in [0.05, 0.1) is 0 Å². The summed E-state index contributed by atoms with van der Waals surface area (Å²) in [6.45, 7) is 4.13. The van der Waals surface area contributed by atoms with E-state index in [4.69, 9.17) is 0 Å². The Bertz CT molecular complexity index is 375. The van der Waals surface area contributed by atoms with Gasteiger partial charge in [0.1, 0.15) is 0 Å². The fourth-order valence-electron chi connectivity index (χ4n) is 1.47. The lowest BCUT2D eigenvalue weighted by Gasteiger charge is -2.25. The predicted molar refractivity (Wildman–Crippen MR) is 46.9 cm³/mol. The number of hydrogen-bond donors (Lipinski definition) is 0. The zero-order valence-electron chi connectivity index (χ0n) is 8.21. The normalized spacial score (nSPS) is 26.4. The largest absolute Gasteiger partial charge is 0.380 e. The SMILES string of the molecule is C=CC1=C(/C=C\C)C(F)(F)C(F)(F)C1(F)F. The van der Waals surface area contributed by atoms with Crippen LogP contribution in [0.2, 0.25) is 0 Å². The van der Waals surface area contributed by atoms with Crippen LogP contribution in [0.4, 0.5) is 26.3 Å². The molecule has 0 aromatic rings. The second-order valence-corrected chi connectivity index (χ2v) is 3.25. The van der Waals surface area contributed by atoms with E-state index in [2.05, 4.69) is 6.58 Å². The van der Waals surface area contributed by atoms with Gasteiger partial charge < -0.3 is 0 Å². The van der Waals surface area contributed by atoms with E-state index in [1.165, 1.54) is 6.92 Å². The molecule has 0 heterocycles. The molecule has 0 fully saturated rings. The van der Waals surface area contributed by atoms with Crippen LogP contribution in [0.3, 0.4) is 0 Å². The van der Waals surface area contributed by atoms with E-state index in [1.807, 2.05) is 0 Å². The molecule has 0 N–H and O–H groups in total. The molecule has 1 rings (SSSR count). The summed E-state index contributed by atoms with van der Waals surface area (Å²) in [7, 11) is 0. The van der Waals surface area contributed by atoms with Crippen molar-refractivity contribution in [1.82, 2.24) is 0 Å². The van der Waals surface area contributed by atoms with Gasteiger partial charge in [0.25, 0.3) is 0 Å². The molecule has 16 heavy (non-hydrogen) atoms. The molecule has 0 unspecified atom stereocenters. The number of rotatable bonds is 2. The van der Waals surface area contributed by atoms with Gasteiger partial charge in [-0.05, 0) is 6.92 Å². The molecule has 0 atom stereocenters. The first kappa shape index (κ1) is 12.9. The molecule has 0 aromatic heterocycles. The third kappa shape index (κ3) is 1.25. The maximum atomic E-state index is 13.1. The Hall–Kier alpha value is -1.20. The number of allylic oxidation sites excluding steroid dienone is 5. The summed E-state index contributed by atoms with van der Waals surface area (Å²) in [5, 5.41) is 0. The van der Waals surface area contributed by atoms with Gasteiger partial charge in [0.15, 0.2) is 0 Å². The summed E-state index contributed by atoms with van der Waals surface area (Å²) in [4.78, 5) is 0. The Balaban J connectivity index is 3.56. The van der Waals surface area contributed by atoms with Crippen molar-refractivity contribution < 1.29 is 26.3 Å². The van der Waals surface area contributed by atoms with Gasteiger partial charge in [-0.2, -0.15) is 26.3 Å². The van der Waals surface area contributed by atoms with Crippen LogP contribution in [0.15, 0.2) is 36.0 Å². The fourth-order valence-corrected chi connectivity index (χ4v) is 1.47. The number of hydrogen-bond acceptors (Lipinski definition) is 0. The highest BCUT2D eigenvalue weighted by molar-refractivity contribution is 5.50.